The fourth-order valence-corrected chi connectivity index (χ4v) is 2.64. The lowest BCUT2D eigenvalue weighted by Crippen LogP contribution is -2.02. The lowest BCUT2D eigenvalue weighted by atomic mass is 10.2. The summed E-state index contributed by atoms with van der Waals surface area (Å²) in [6.45, 7) is 1.31. The zero-order chi connectivity index (χ0) is 12.4. The van der Waals surface area contributed by atoms with Crippen molar-refractivity contribution in [3.8, 4) is 16.3 Å². The van der Waals surface area contributed by atoms with Crippen molar-refractivity contribution in [2.24, 2.45) is 0 Å². The molecule has 2 rings (SSSR count). The molecular formula is C11H7BrFNO2S. The van der Waals surface area contributed by atoms with Gasteiger partial charge in [-0.05, 0) is 33.6 Å². The number of carbonyl (C=O) groups excluding carboxylic acids is 1. The smallest absolute Gasteiger partial charge is 0.309 e. The summed E-state index contributed by atoms with van der Waals surface area (Å²) in [6.07, 6.45) is 0. The van der Waals surface area contributed by atoms with Crippen LogP contribution in [0.1, 0.15) is 6.92 Å². The van der Waals surface area contributed by atoms with Gasteiger partial charge in [0, 0.05) is 6.92 Å². The van der Waals surface area contributed by atoms with Crippen molar-refractivity contribution in [3.05, 3.63) is 34.0 Å². The highest BCUT2D eigenvalue weighted by Crippen LogP contribution is 2.37. The number of thiazole rings is 1. The van der Waals surface area contributed by atoms with Gasteiger partial charge in [0.15, 0.2) is 3.92 Å². The number of nitrogens with zero attached hydrogens (tertiary/aromatic N) is 1. The van der Waals surface area contributed by atoms with E-state index in [1.165, 1.54) is 30.4 Å². The van der Waals surface area contributed by atoms with E-state index in [1.54, 1.807) is 12.1 Å². The Morgan fingerprint density at radius 3 is 2.65 bits per heavy atom. The Morgan fingerprint density at radius 2 is 2.06 bits per heavy atom. The molecule has 2 aromatic rings. The number of benzene rings is 1. The number of ether oxygens (including phenoxy) is 1. The van der Waals surface area contributed by atoms with Gasteiger partial charge in [-0.1, -0.05) is 12.1 Å². The van der Waals surface area contributed by atoms with E-state index in [0.29, 0.717) is 8.79 Å². The zero-order valence-electron chi connectivity index (χ0n) is 8.74. The monoisotopic (exact) mass is 315 g/mol. The average Bonchev–Trinajstić information content (AvgIpc) is 2.59. The van der Waals surface area contributed by atoms with Gasteiger partial charge in [0.25, 0.3) is 0 Å². The molecular weight excluding hydrogens is 309 g/mol. The summed E-state index contributed by atoms with van der Waals surface area (Å²) in [5, 5.41) is 0. The topological polar surface area (TPSA) is 39.2 Å². The van der Waals surface area contributed by atoms with Crippen molar-refractivity contribution >= 4 is 33.2 Å². The SMILES string of the molecule is CC(=O)Oc1nc(Br)sc1-c1ccc(F)cc1. The quantitative estimate of drug-likeness (QED) is 0.794. The second kappa shape index (κ2) is 4.93. The molecule has 0 saturated carbocycles. The zero-order valence-corrected chi connectivity index (χ0v) is 11.1. The molecule has 0 radical (unpaired) electrons. The van der Waals surface area contributed by atoms with Gasteiger partial charge in [0.1, 0.15) is 5.82 Å². The third-order valence-electron chi connectivity index (χ3n) is 1.92. The van der Waals surface area contributed by atoms with Crippen LogP contribution in [0.2, 0.25) is 0 Å². The number of rotatable bonds is 2. The molecule has 1 aromatic heterocycles. The minimum atomic E-state index is -0.439. The summed E-state index contributed by atoms with van der Waals surface area (Å²) in [7, 11) is 0. The predicted octanol–water partition coefficient (Wildman–Crippen LogP) is 3.64. The first kappa shape index (κ1) is 12.2. The van der Waals surface area contributed by atoms with Crippen LogP contribution < -0.4 is 4.74 Å². The van der Waals surface area contributed by atoms with Gasteiger partial charge in [0.05, 0.1) is 4.88 Å². The van der Waals surface area contributed by atoms with Crippen LogP contribution in [0.3, 0.4) is 0 Å². The summed E-state index contributed by atoms with van der Waals surface area (Å²) in [5.41, 5.74) is 0.755. The normalized spacial score (nSPS) is 10.3. The number of aromatic nitrogens is 1. The highest BCUT2D eigenvalue weighted by atomic mass is 79.9. The maximum atomic E-state index is 12.8. The molecule has 0 spiro atoms. The number of halogens is 2. The van der Waals surface area contributed by atoms with Crippen molar-refractivity contribution in [3.63, 3.8) is 0 Å². The lowest BCUT2D eigenvalue weighted by molar-refractivity contribution is -0.132. The molecule has 17 heavy (non-hydrogen) atoms. The Labute approximate surface area is 109 Å². The minimum absolute atomic E-state index is 0.237. The highest BCUT2D eigenvalue weighted by Gasteiger charge is 2.15. The fraction of sp³-hybridized carbons (Fsp3) is 0.0909. The van der Waals surface area contributed by atoms with Gasteiger partial charge in [-0.2, -0.15) is 4.98 Å². The van der Waals surface area contributed by atoms with Gasteiger partial charge < -0.3 is 4.74 Å². The molecule has 0 bridgehead atoms. The molecule has 0 atom stereocenters. The van der Waals surface area contributed by atoms with Gasteiger partial charge >= 0.3 is 5.97 Å². The number of hydrogen-bond acceptors (Lipinski definition) is 4. The van der Waals surface area contributed by atoms with Crippen LogP contribution in [0.4, 0.5) is 4.39 Å². The Kier molecular flexibility index (Phi) is 3.54. The molecule has 0 amide bonds. The lowest BCUT2D eigenvalue weighted by Gasteiger charge is -2.01. The summed E-state index contributed by atoms with van der Waals surface area (Å²) in [6, 6.07) is 5.92. The summed E-state index contributed by atoms with van der Waals surface area (Å²) >= 11 is 4.55. The molecule has 0 aliphatic heterocycles. The Hall–Kier alpha value is -1.27. The second-order valence-electron chi connectivity index (χ2n) is 3.20. The van der Waals surface area contributed by atoms with Gasteiger partial charge in [-0.15, -0.1) is 11.3 Å². The van der Waals surface area contributed by atoms with Crippen LogP contribution >= 0.6 is 27.3 Å². The Bertz CT molecular complexity index is 553. The Balaban J connectivity index is 2.43. The van der Waals surface area contributed by atoms with Gasteiger partial charge in [-0.25, -0.2) is 4.39 Å². The summed E-state index contributed by atoms with van der Waals surface area (Å²) in [5.74, 6) is -0.515. The Morgan fingerprint density at radius 1 is 1.41 bits per heavy atom. The summed E-state index contributed by atoms with van der Waals surface area (Å²) < 4.78 is 18.4. The van der Waals surface area contributed by atoms with Crippen LogP contribution in [0.25, 0.3) is 10.4 Å². The minimum Gasteiger partial charge on any atom is -0.406 e. The van der Waals surface area contributed by atoms with Gasteiger partial charge in [0.2, 0.25) is 5.88 Å². The number of carbonyl (C=O) groups is 1. The highest BCUT2D eigenvalue weighted by molar-refractivity contribution is 9.11. The maximum Gasteiger partial charge on any atom is 0.309 e. The molecule has 1 heterocycles. The molecule has 1 aromatic carbocycles. The molecule has 3 nitrogen and oxygen atoms in total. The van der Waals surface area contributed by atoms with Crippen molar-refractivity contribution in [2.75, 3.05) is 0 Å². The van der Waals surface area contributed by atoms with Crippen LogP contribution in [0.5, 0.6) is 5.88 Å². The summed E-state index contributed by atoms with van der Waals surface area (Å²) in [4.78, 5) is 15.7. The molecule has 0 saturated heterocycles. The molecule has 0 fully saturated rings. The second-order valence-corrected chi connectivity index (χ2v) is 5.48. The van der Waals surface area contributed by atoms with E-state index in [1.807, 2.05) is 0 Å². The van der Waals surface area contributed by atoms with E-state index < -0.39 is 5.97 Å². The van der Waals surface area contributed by atoms with E-state index >= 15 is 0 Å². The molecule has 0 unspecified atom stereocenters. The first-order valence-electron chi connectivity index (χ1n) is 4.67. The van der Waals surface area contributed by atoms with Crippen molar-refractivity contribution < 1.29 is 13.9 Å². The first-order chi connectivity index (χ1) is 8.06. The van der Waals surface area contributed by atoms with E-state index in [4.69, 9.17) is 4.74 Å². The largest absolute Gasteiger partial charge is 0.406 e. The van der Waals surface area contributed by atoms with Crippen molar-refractivity contribution in [2.45, 2.75) is 6.92 Å². The standard InChI is InChI=1S/C11H7BrFNO2S/c1-6(15)16-10-9(17-11(12)14-10)7-2-4-8(13)5-3-7/h2-5H,1H3. The van der Waals surface area contributed by atoms with Crippen LogP contribution in [-0.4, -0.2) is 11.0 Å². The molecule has 88 valence electrons. The average molecular weight is 316 g/mol. The first-order valence-corrected chi connectivity index (χ1v) is 6.28. The number of esters is 1. The molecule has 6 heteroatoms. The number of hydrogen-bond donors (Lipinski definition) is 0. The molecule has 0 aliphatic carbocycles. The molecule has 0 N–H and O–H groups in total. The fourth-order valence-electron chi connectivity index (χ4n) is 1.27. The predicted molar refractivity (Wildman–Crippen MR) is 66.5 cm³/mol. The van der Waals surface area contributed by atoms with Crippen LogP contribution in [0.15, 0.2) is 28.2 Å². The molecule has 0 aliphatic rings. The third kappa shape index (κ3) is 2.89. The third-order valence-corrected chi connectivity index (χ3v) is 3.45. The van der Waals surface area contributed by atoms with Crippen LogP contribution in [0, 0.1) is 5.82 Å². The van der Waals surface area contributed by atoms with E-state index in [0.717, 1.165) is 5.56 Å². The van der Waals surface area contributed by atoms with Gasteiger partial charge in [-0.3, -0.25) is 4.79 Å². The van der Waals surface area contributed by atoms with E-state index in [9.17, 15) is 9.18 Å². The van der Waals surface area contributed by atoms with Crippen molar-refractivity contribution in [1.29, 1.82) is 0 Å². The van der Waals surface area contributed by atoms with E-state index in [-0.39, 0.29) is 11.7 Å². The van der Waals surface area contributed by atoms with Crippen molar-refractivity contribution in [1.82, 2.24) is 4.98 Å². The van der Waals surface area contributed by atoms with Crippen LogP contribution in [-0.2, 0) is 4.79 Å². The maximum absolute atomic E-state index is 12.8. The van der Waals surface area contributed by atoms with E-state index in [2.05, 4.69) is 20.9 Å².